The number of aromatic nitrogens is 1. The Morgan fingerprint density at radius 1 is 0.618 bits per heavy atom. The molecule has 34 heavy (non-hydrogen) atoms. The van der Waals surface area contributed by atoms with Crippen LogP contribution >= 0.6 is 0 Å². The molecular formula is C32H23NO. The van der Waals surface area contributed by atoms with E-state index < -0.39 is 0 Å². The second-order valence-electron chi connectivity index (χ2n) is 8.92. The Morgan fingerprint density at radius 3 is 2.26 bits per heavy atom. The minimum atomic E-state index is 0.538. The van der Waals surface area contributed by atoms with Gasteiger partial charge in [0.25, 0.3) is 0 Å². The smallest absolute Gasteiger partial charge is 0.128 e. The first kappa shape index (κ1) is 19.2. The van der Waals surface area contributed by atoms with E-state index in [0.29, 0.717) is 6.61 Å². The monoisotopic (exact) mass is 437 g/mol. The standard InChI is InChI=1S/C32H23NO/c1-2-10-22(11-3-1)21-34-29-19-18-23-12-4-6-14-25(23)30(29)31-27-16-8-9-17-28(27)33-20-24-13-5-7-15-26(24)32(31)33/h1-19H,20-21H2. The minimum Gasteiger partial charge on any atom is -0.488 e. The quantitative estimate of drug-likeness (QED) is 0.271. The summed E-state index contributed by atoms with van der Waals surface area (Å²) in [4.78, 5) is 0. The third kappa shape index (κ3) is 2.89. The summed E-state index contributed by atoms with van der Waals surface area (Å²) in [5.74, 6) is 0.922. The first-order chi connectivity index (χ1) is 16.9. The van der Waals surface area contributed by atoms with Crippen molar-refractivity contribution in [2.24, 2.45) is 0 Å². The van der Waals surface area contributed by atoms with E-state index >= 15 is 0 Å². The van der Waals surface area contributed by atoms with Crippen molar-refractivity contribution >= 4 is 21.7 Å². The van der Waals surface area contributed by atoms with Gasteiger partial charge in [-0.3, -0.25) is 0 Å². The van der Waals surface area contributed by atoms with Crippen LogP contribution in [0.1, 0.15) is 11.1 Å². The van der Waals surface area contributed by atoms with Crippen molar-refractivity contribution in [1.82, 2.24) is 4.57 Å². The molecule has 0 bridgehead atoms. The maximum atomic E-state index is 6.54. The molecule has 5 aromatic carbocycles. The van der Waals surface area contributed by atoms with E-state index in [1.807, 2.05) is 6.07 Å². The molecule has 0 radical (unpaired) electrons. The maximum absolute atomic E-state index is 6.54. The molecule has 7 rings (SSSR count). The van der Waals surface area contributed by atoms with E-state index in [1.54, 1.807) is 0 Å². The molecule has 0 amide bonds. The van der Waals surface area contributed by atoms with Crippen LogP contribution < -0.4 is 4.74 Å². The molecule has 1 aliphatic heterocycles. The fourth-order valence-electron chi connectivity index (χ4n) is 5.43. The van der Waals surface area contributed by atoms with Crippen LogP contribution in [0.2, 0.25) is 0 Å². The van der Waals surface area contributed by atoms with Gasteiger partial charge in [0.1, 0.15) is 12.4 Å². The molecule has 1 aromatic heterocycles. The van der Waals surface area contributed by atoms with Gasteiger partial charge < -0.3 is 9.30 Å². The van der Waals surface area contributed by atoms with E-state index in [-0.39, 0.29) is 0 Å². The lowest BCUT2D eigenvalue weighted by molar-refractivity contribution is 0.308. The van der Waals surface area contributed by atoms with Gasteiger partial charge in [-0.2, -0.15) is 0 Å². The van der Waals surface area contributed by atoms with E-state index in [0.717, 1.165) is 12.3 Å². The van der Waals surface area contributed by atoms with Gasteiger partial charge in [0.2, 0.25) is 0 Å². The predicted octanol–water partition coefficient (Wildman–Crippen LogP) is 8.07. The number of hydrogen-bond acceptors (Lipinski definition) is 1. The van der Waals surface area contributed by atoms with E-state index in [4.69, 9.17) is 4.74 Å². The van der Waals surface area contributed by atoms with E-state index in [2.05, 4.69) is 114 Å². The summed E-state index contributed by atoms with van der Waals surface area (Å²) in [5.41, 5.74) is 8.85. The summed E-state index contributed by atoms with van der Waals surface area (Å²) >= 11 is 0. The van der Waals surface area contributed by atoms with Crippen LogP contribution in [0.15, 0.2) is 115 Å². The first-order valence-electron chi connectivity index (χ1n) is 11.8. The zero-order valence-electron chi connectivity index (χ0n) is 18.7. The molecule has 0 N–H and O–H groups in total. The van der Waals surface area contributed by atoms with Crippen LogP contribution in [0.4, 0.5) is 0 Å². The SMILES string of the molecule is c1ccc(COc2ccc3ccccc3c2-c2c3n(c4ccccc24)Cc2ccccc2-3)cc1. The Hall–Kier alpha value is -4.30. The van der Waals surface area contributed by atoms with Crippen molar-refractivity contribution in [3.8, 4) is 28.1 Å². The molecule has 162 valence electrons. The Morgan fingerprint density at radius 2 is 1.35 bits per heavy atom. The lowest BCUT2D eigenvalue weighted by Gasteiger charge is -2.16. The van der Waals surface area contributed by atoms with Gasteiger partial charge in [-0.25, -0.2) is 0 Å². The van der Waals surface area contributed by atoms with Gasteiger partial charge in [0.15, 0.2) is 0 Å². The number of fused-ring (bicyclic) bond motifs is 6. The minimum absolute atomic E-state index is 0.538. The highest BCUT2D eigenvalue weighted by Gasteiger charge is 2.28. The number of rotatable bonds is 4. The fourth-order valence-corrected chi connectivity index (χ4v) is 5.43. The third-order valence-corrected chi connectivity index (χ3v) is 6.95. The summed E-state index contributed by atoms with van der Waals surface area (Å²) in [7, 11) is 0. The van der Waals surface area contributed by atoms with Crippen LogP contribution in [0.25, 0.3) is 44.1 Å². The fraction of sp³-hybridized carbons (Fsp3) is 0.0625. The van der Waals surface area contributed by atoms with Gasteiger partial charge in [0.05, 0.1) is 5.69 Å². The van der Waals surface area contributed by atoms with Crippen molar-refractivity contribution in [2.75, 3.05) is 0 Å². The Kier molecular flexibility index (Phi) is 4.31. The molecule has 2 nitrogen and oxygen atoms in total. The van der Waals surface area contributed by atoms with Crippen molar-refractivity contribution in [3.05, 3.63) is 126 Å². The maximum Gasteiger partial charge on any atom is 0.128 e. The average Bonchev–Trinajstić information content (AvgIpc) is 3.43. The number of ether oxygens (including phenoxy) is 1. The largest absolute Gasteiger partial charge is 0.488 e. The van der Waals surface area contributed by atoms with Crippen LogP contribution in [0.5, 0.6) is 5.75 Å². The average molecular weight is 438 g/mol. The Labute approximate surface area is 198 Å². The zero-order chi connectivity index (χ0) is 22.5. The normalized spacial score (nSPS) is 12.1. The second kappa shape index (κ2) is 7.64. The molecular weight excluding hydrogens is 414 g/mol. The lowest BCUT2D eigenvalue weighted by atomic mass is 9.92. The van der Waals surface area contributed by atoms with Crippen LogP contribution in [0.3, 0.4) is 0 Å². The van der Waals surface area contributed by atoms with Gasteiger partial charge in [0, 0.05) is 34.1 Å². The van der Waals surface area contributed by atoms with Crippen molar-refractivity contribution < 1.29 is 4.74 Å². The van der Waals surface area contributed by atoms with Crippen molar-refractivity contribution in [2.45, 2.75) is 13.2 Å². The second-order valence-corrected chi connectivity index (χ2v) is 8.92. The van der Waals surface area contributed by atoms with E-state index in [1.165, 1.54) is 55.2 Å². The van der Waals surface area contributed by atoms with Crippen LogP contribution in [0, 0.1) is 0 Å². The molecule has 0 unspecified atom stereocenters. The van der Waals surface area contributed by atoms with Gasteiger partial charge in [-0.15, -0.1) is 0 Å². The number of nitrogens with zero attached hydrogens (tertiary/aromatic N) is 1. The van der Waals surface area contributed by atoms with Crippen LogP contribution in [-0.2, 0) is 13.2 Å². The number of hydrogen-bond donors (Lipinski definition) is 0. The molecule has 0 saturated carbocycles. The Bertz CT molecular complexity index is 1680. The predicted molar refractivity (Wildman–Crippen MR) is 140 cm³/mol. The molecule has 0 atom stereocenters. The topological polar surface area (TPSA) is 14.2 Å². The third-order valence-electron chi connectivity index (χ3n) is 6.95. The Balaban J connectivity index is 1.53. The molecule has 0 aliphatic carbocycles. The molecule has 0 spiro atoms. The highest BCUT2D eigenvalue weighted by atomic mass is 16.5. The zero-order valence-corrected chi connectivity index (χ0v) is 18.7. The summed E-state index contributed by atoms with van der Waals surface area (Å²) in [5, 5.41) is 3.71. The van der Waals surface area contributed by atoms with E-state index in [9.17, 15) is 0 Å². The highest BCUT2D eigenvalue weighted by molar-refractivity contribution is 6.13. The number of benzene rings is 5. The molecule has 0 fully saturated rings. The molecule has 6 aromatic rings. The first-order valence-corrected chi connectivity index (χ1v) is 11.8. The summed E-state index contributed by atoms with van der Waals surface area (Å²) in [6.07, 6.45) is 0. The van der Waals surface area contributed by atoms with Gasteiger partial charge in [-0.05, 0) is 34.0 Å². The summed E-state index contributed by atoms with van der Waals surface area (Å²) < 4.78 is 9.01. The van der Waals surface area contributed by atoms with Gasteiger partial charge >= 0.3 is 0 Å². The van der Waals surface area contributed by atoms with Crippen molar-refractivity contribution in [1.29, 1.82) is 0 Å². The van der Waals surface area contributed by atoms with Crippen LogP contribution in [-0.4, -0.2) is 4.57 Å². The molecule has 2 heterocycles. The molecule has 1 aliphatic rings. The summed E-state index contributed by atoms with van der Waals surface area (Å²) in [6, 6.07) is 40.9. The number of para-hydroxylation sites is 1. The molecule has 0 saturated heterocycles. The highest BCUT2D eigenvalue weighted by Crippen LogP contribution is 2.50. The molecule has 2 heteroatoms. The summed E-state index contributed by atoms with van der Waals surface area (Å²) in [6.45, 7) is 1.44. The lowest BCUT2D eigenvalue weighted by Crippen LogP contribution is -1.98. The van der Waals surface area contributed by atoms with Crippen molar-refractivity contribution in [3.63, 3.8) is 0 Å². The van der Waals surface area contributed by atoms with Gasteiger partial charge in [-0.1, -0.05) is 103 Å².